The second-order valence-electron chi connectivity index (χ2n) is 7.34. The fourth-order valence-electron chi connectivity index (χ4n) is 3.82. The van der Waals surface area contributed by atoms with Crippen LogP contribution in [0.1, 0.15) is 51.2 Å². The molecule has 0 atom stereocenters. The van der Waals surface area contributed by atoms with Crippen molar-refractivity contribution < 1.29 is 0 Å². The third-order valence-electron chi connectivity index (χ3n) is 5.29. The van der Waals surface area contributed by atoms with Gasteiger partial charge in [-0.2, -0.15) is 5.26 Å². The number of benzene rings is 1. The van der Waals surface area contributed by atoms with Crippen molar-refractivity contribution in [3.8, 4) is 11.8 Å². The van der Waals surface area contributed by atoms with Gasteiger partial charge in [0.25, 0.3) is 5.56 Å². The largest absolute Gasteiger partial charge is 0.295 e. The summed E-state index contributed by atoms with van der Waals surface area (Å²) < 4.78 is 1.57. The first-order chi connectivity index (χ1) is 13.5. The van der Waals surface area contributed by atoms with E-state index in [9.17, 15) is 10.1 Å². The van der Waals surface area contributed by atoms with Crippen molar-refractivity contribution in [1.29, 1.82) is 5.26 Å². The summed E-state index contributed by atoms with van der Waals surface area (Å²) in [5.74, 6) is 0. The van der Waals surface area contributed by atoms with Gasteiger partial charge in [-0.1, -0.05) is 17.7 Å². The number of hydrogen-bond donors (Lipinski definition) is 1. The van der Waals surface area contributed by atoms with Gasteiger partial charge in [0.15, 0.2) is 0 Å². The topological polar surface area (TPSA) is 73.9 Å². The lowest BCUT2D eigenvalue weighted by molar-refractivity contribution is 0.696. The molecule has 1 aliphatic carbocycles. The SMILES string of the molecule is Cc1ccc(-n2[nH]c(C)c(C=Nc3sc4c(c3C#N)CCCC4)c2=O)c(C)c1. The molecule has 0 radical (unpaired) electrons. The zero-order chi connectivity index (χ0) is 19.8. The van der Waals surface area contributed by atoms with Gasteiger partial charge in [-0.05, 0) is 63.6 Å². The van der Waals surface area contributed by atoms with Crippen LogP contribution in [0.4, 0.5) is 5.00 Å². The summed E-state index contributed by atoms with van der Waals surface area (Å²) in [5.41, 5.74) is 6.01. The van der Waals surface area contributed by atoms with Gasteiger partial charge in [0.2, 0.25) is 0 Å². The predicted molar refractivity (Wildman–Crippen MR) is 114 cm³/mol. The van der Waals surface area contributed by atoms with E-state index in [1.807, 2.05) is 32.9 Å². The Morgan fingerprint density at radius 3 is 2.79 bits per heavy atom. The van der Waals surface area contributed by atoms with Gasteiger partial charge < -0.3 is 0 Å². The van der Waals surface area contributed by atoms with Crippen LogP contribution in [0.25, 0.3) is 5.69 Å². The molecule has 1 aliphatic rings. The number of nitrogens with zero attached hydrogens (tertiary/aromatic N) is 3. The van der Waals surface area contributed by atoms with E-state index in [4.69, 9.17) is 0 Å². The molecule has 1 aromatic carbocycles. The van der Waals surface area contributed by atoms with Crippen LogP contribution in [0, 0.1) is 32.1 Å². The van der Waals surface area contributed by atoms with Crippen LogP contribution in [0.2, 0.25) is 0 Å². The number of rotatable bonds is 3. The van der Waals surface area contributed by atoms with Gasteiger partial charge in [-0.15, -0.1) is 11.3 Å². The van der Waals surface area contributed by atoms with E-state index in [1.165, 1.54) is 11.3 Å². The van der Waals surface area contributed by atoms with Crippen molar-refractivity contribution in [1.82, 2.24) is 9.78 Å². The van der Waals surface area contributed by atoms with Crippen molar-refractivity contribution >= 4 is 22.6 Å². The van der Waals surface area contributed by atoms with Crippen molar-refractivity contribution in [3.63, 3.8) is 0 Å². The Balaban J connectivity index is 1.74. The number of aryl methyl sites for hydroxylation is 4. The van der Waals surface area contributed by atoms with E-state index in [1.54, 1.807) is 22.2 Å². The van der Waals surface area contributed by atoms with Crippen molar-refractivity contribution in [2.24, 2.45) is 4.99 Å². The Morgan fingerprint density at radius 1 is 1.25 bits per heavy atom. The highest BCUT2D eigenvalue weighted by atomic mass is 32.1. The third-order valence-corrected chi connectivity index (χ3v) is 6.49. The number of aromatic amines is 1. The number of nitrogens with one attached hydrogen (secondary N) is 1. The molecule has 5 nitrogen and oxygen atoms in total. The Morgan fingerprint density at radius 2 is 2.04 bits per heavy atom. The lowest BCUT2D eigenvalue weighted by atomic mass is 9.96. The molecule has 0 saturated carbocycles. The summed E-state index contributed by atoms with van der Waals surface area (Å²) in [6.07, 6.45) is 5.87. The average Bonchev–Trinajstić information content (AvgIpc) is 3.17. The van der Waals surface area contributed by atoms with Crippen LogP contribution < -0.4 is 5.56 Å². The second kappa shape index (κ2) is 7.25. The lowest BCUT2D eigenvalue weighted by Gasteiger charge is -2.09. The van der Waals surface area contributed by atoms with Gasteiger partial charge in [-0.25, -0.2) is 9.67 Å². The maximum atomic E-state index is 13.0. The van der Waals surface area contributed by atoms with E-state index in [2.05, 4.69) is 22.2 Å². The van der Waals surface area contributed by atoms with Gasteiger partial charge in [0.05, 0.1) is 16.8 Å². The molecule has 0 unspecified atom stereocenters. The molecule has 0 fully saturated rings. The van der Waals surface area contributed by atoms with Gasteiger partial charge in [0, 0.05) is 16.8 Å². The minimum atomic E-state index is -0.131. The molecular weight excluding hydrogens is 368 g/mol. The molecule has 1 N–H and O–H groups in total. The molecule has 4 rings (SSSR count). The number of aromatic nitrogens is 2. The van der Waals surface area contributed by atoms with E-state index in [0.29, 0.717) is 16.1 Å². The minimum absolute atomic E-state index is 0.131. The second-order valence-corrected chi connectivity index (χ2v) is 8.43. The molecule has 6 heteroatoms. The van der Waals surface area contributed by atoms with Gasteiger partial charge in [0.1, 0.15) is 11.1 Å². The fourth-order valence-corrected chi connectivity index (χ4v) is 5.00. The Kier molecular flexibility index (Phi) is 4.78. The summed E-state index contributed by atoms with van der Waals surface area (Å²) in [7, 11) is 0. The zero-order valence-electron chi connectivity index (χ0n) is 16.3. The highest BCUT2D eigenvalue weighted by Gasteiger charge is 2.20. The fraction of sp³-hybridized carbons (Fsp3) is 0.318. The lowest BCUT2D eigenvalue weighted by Crippen LogP contribution is -2.18. The highest BCUT2D eigenvalue weighted by molar-refractivity contribution is 7.16. The Hall–Kier alpha value is -2.91. The first-order valence-electron chi connectivity index (χ1n) is 9.47. The molecule has 0 amide bonds. The summed E-state index contributed by atoms with van der Waals surface area (Å²) in [6.45, 7) is 5.90. The normalized spacial score (nSPS) is 13.6. The number of fused-ring (bicyclic) bond motifs is 1. The Labute approximate surface area is 168 Å². The maximum Gasteiger partial charge on any atom is 0.280 e. The van der Waals surface area contributed by atoms with Crippen LogP contribution in [0.3, 0.4) is 0 Å². The summed E-state index contributed by atoms with van der Waals surface area (Å²) in [6, 6.07) is 8.32. The van der Waals surface area contributed by atoms with Crippen molar-refractivity contribution in [3.05, 3.63) is 66.9 Å². The number of nitriles is 1. The van der Waals surface area contributed by atoms with Crippen molar-refractivity contribution in [2.45, 2.75) is 46.5 Å². The van der Waals surface area contributed by atoms with Crippen molar-refractivity contribution in [2.75, 3.05) is 0 Å². The van der Waals surface area contributed by atoms with Gasteiger partial charge >= 0.3 is 0 Å². The van der Waals surface area contributed by atoms with Crippen LogP contribution in [-0.2, 0) is 12.8 Å². The molecule has 0 saturated heterocycles. The average molecular weight is 391 g/mol. The summed E-state index contributed by atoms with van der Waals surface area (Å²) in [5, 5.41) is 13.5. The predicted octanol–water partition coefficient (Wildman–Crippen LogP) is 4.65. The third kappa shape index (κ3) is 3.12. The van der Waals surface area contributed by atoms with Crippen LogP contribution in [-0.4, -0.2) is 16.0 Å². The summed E-state index contributed by atoms with van der Waals surface area (Å²) in [4.78, 5) is 18.8. The molecule has 0 spiro atoms. The van der Waals surface area contributed by atoms with E-state index < -0.39 is 0 Å². The maximum absolute atomic E-state index is 13.0. The number of aliphatic imine (C=N–C) groups is 1. The molecule has 0 bridgehead atoms. The first kappa shape index (κ1) is 18.5. The number of thiophene rings is 1. The number of hydrogen-bond acceptors (Lipinski definition) is 4. The molecule has 142 valence electrons. The Bertz CT molecular complexity index is 1190. The molecular formula is C22H22N4OS. The van der Waals surface area contributed by atoms with Crippen LogP contribution in [0.5, 0.6) is 0 Å². The zero-order valence-corrected chi connectivity index (χ0v) is 17.1. The molecule has 2 aromatic heterocycles. The monoisotopic (exact) mass is 390 g/mol. The van der Waals surface area contributed by atoms with Gasteiger partial charge in [-0.3, -0.25) is 9.89 Å². The van der Waals surface area contributed by atoms with E-state index in [0.717, 1.165) is 47.3 Å². The van der Waals surface area contributed by atoms with Crippen LogP contribution in [0.15, 0.2) is 28.0 Å². The molecule has 3 aromatic rings. The number of H-pyrrole nitrogens is 1. The first-order valence-corrected chi connectivity index (χ1v) is 10.3. The molecule has 28 heavy (non-hydrogen) atoms. The van der Waals surface area contributed by atoms with E-state index >= 15 is 0 Å². The van der Waals surface area contributed by atoms with E-state index in [-0.39, 0.29) is 5.56 Å². The molecule has 0 aliphatic heterocycles. The summed E-state index contributed by atoms with van der Waals surface area (Å²) >= 11 is 1.59. The molecule has 2 heterocycles. The minimum Gasteiger partial charge on any atom is -0.295 e. The highest BCUT2D eigenvalue weighted by Crippen LogP contribution is 2.39. The standard InChI is InChI=1S/C22H22N4OS/c1-13-8-9-19(14(2)10-13)26-22(27)18(15(3)25-26)12-24-21-17(11-23)16-6-4-5-7-20(16)28-21/h8-10,12,25H,4-7H2,1-3H3. The van der Waals surface area contributed by atoms with Crippen LogP contribution >= 0.6 is 11.3 Å². The quantitative estimate of drug-likeness (QED) is 0.661. The smallest absolute Gasteiger partial charge is 0.280 e.